The first kappa shape index (κ1) is 22.1. The van der Waals surface area contributed by atoms with E-state index >= 15 is 0 Å². The van der Waals surface area contributed by atoms with Crippen LogP contribution in [0.3, 0.4) is 0 Å². The van der Waals surface area contributed by atoms with Gasteiger partial charge in [0, 0.05) is 13.1 Å². The number of benzene rings is 2. The average molecular weight is 434 g/mol. The van der Waals surface area contributed by atoms with Gasteiger partial charge < -0.3 is 14.2 Å². The van der Waals surface area contributed by atoms with Crippen molar-refractivity contribution in [2.24, 2.45) is 0 Å². The van der Waals surface area contributed by atoms with Gasteiger partial charge in [-0.1, -0.05) is 31.0 Å². The van der Waals surface area contributed by atoms with E-state index in [1.807, 2.05) is 30.3 Å². The van der Waals surface area contributed by atoms with Gasteiger partial charge in [-0.25, -0.2) is 13.2 Å². The second-order valence-corrected chi connectivity index (χ2v) is 8.89. The molecule has 1 saturated heterocycles. The van der Waals surface area contributed by atoms with Crippen LogP contribution in [0.1, 0.15) is 36.0 Å². The fraction of sp³-hybridized carbons (Fsp3) is 0.409. The molecule has 0 saturated carbocycles. The highest BCUT2D eigenvalue weighted by atomic mass is 32.2. The van der Waals surface area contributed by atoms with E-state index in [4.69, 9.17) is 14.2 Å². The van der Waals surface area contributed by atoms with E-state index in [9.17, 15) is 13.2 Å². The molecule has 2 aromatic rings. The van der Waals surface area contributed by atoms with Crippen LogP contribution in [0.2, 0.25) is 0 Å². The van der Waals surface area contributed by atoms with E-state index in [0.29, 0.717) is 18.8 Å². The summed E-state index contributed by atoms with van der Waals surface area (Å²) in [5.74, 6) is 0.286. The summed E-state index contributed by atoms with van der Waals surface area (Å²) >= 11 is 0. The Labute approximate surface area is 177 Å². The number of ether oxygens (including phenoxy) is 3. The molecule has 0 aliphatic carbocycles. The molecule has 0 atom stereocenters. The van der Waals surface area contributed by atoms with Gasteiger partial charge in [-0.3, -0.25) is 0 Å². The second kappa shape index (κ2) is 10.4. The van der Waals surface area contributed by atoms with E-state index in [1.165, 1.54) is 29.6 Å². The van der Waals surface area contributed by atoms with Crippen molar-refractivity contribution in [3.63, 3.8) is 0 Å². The first-order valence-corrected chi connectivity index (χ1v) is 11.5. The van der Waals surface area contributed by atoms with Gasteiger partial charge in [0.25, 0.3) is 0 Å². The van der Waals surface area contributed by atoms with Gasteiger partial charge in [0.05, 0.1) is 12.7 Å². The summed E-state index contributed by atoms with van der Waals surface area (Å²) in [7, 11) is -2.36. The summed E-state index contributed by atoms with van der Waals surface area (Å²) in [4.78, 5) is 12.4. The summed E-state index contributed by atoms with van der Waals surface area (Å²) in [6.07, 6.45) is 3.68. The molecule has 7 nitrogen and oxygen atoms in total. The average Bonchev–Trinajstić information content (AvgIpc) is 3.07. The summed E-state index contributed by atoms with van der Waals surface area (Å²) in [6, 6.07) is 13.5. The molecule has 162 valence electrons. The Morgan fingerprint density at radius 2 is 1.67 bits per heavy atom. The van der Waals surface area contributed by atoms with Crippen molar-refractivity contribution in [3.05, 3.63) is 54.1 Å². The smallest absolute Gasteiger partial charge is 0.338 e. The first-order valence-electron chi connectivity index (χ1n) is 10.1. The Balaban J connectivity index is 1.69. The van der Waals surface area contributed by atoms with Crippen LogP contribution in [-0.2, 0) is 14.8 Å². The molecule has 0 spiro atoms. The van der Waals surface area contributed by atoms with Crippen LogP contribution in [0.15, 0.2) is 53.4 Å². The van der Waals surface area contributed by atoms with Crippen LogP contribution in [0, 0.1) is 0 Å². The van der Waals surface area contributed by atoms with Crippen molar-refractivity contribution < 1.29 is 27.4 Å². The molecule has 0 aromatic heterocycles. The van der Waals surface area contributed by atoms with Crippen LogP contribution >= 0.6 is 0 Å². The summed E-state index contributed by atoms with van der Waals surface area (Å²) < 4.78 is 43.8. The number of rotatable bonds is 8. The number of para-hydroxylation sites is 1. The summed E-state index contributed by atoms with van der Waals surface area (Å²) in [5, 5.41) is 0. The molecular weight excluding hydrogens is 406 g/mol. The Morgan fingerprint density at radius 1 is 0.967 bits per heavy atom. The van der Waals surface area contributed by atoms with Crippen molar-refractivity contribution in [1.82, 2.24) is 4.31 Å². The lowest BCUT2D eigenvalue weighted by atomic mass is 10.2. The topological polar surface area (TPSA) is 82.1 Å². The number of esters is 1. The molecular formula is C22H27NO6S. The standard InChI is InChI=1S/C22H27NO6S/c1-27-20-12-11-18(22(24)29-16-15-28-19-9-5-4-6-10-19)17-21(20)30(25,26)23-13-7-2-3-8-14-23/h4-6,9-12,17H,2-3,7-8,13-16H2,1H3. The fourth-order valence-electron chi connectivity index (χ4n) is 3.32. The monoisotopic (exact) mass is 433 g/mol. The molecule has 2 aromatic carbocycles. The number of carbonyl (C=O) groups excluding carboxylic acids is 1. The van der Waals surface area contributed by atoms with Gasteiger partial charge in [-0.05, 0) is 43.2 Å². The maximum Gasteiger partial charge on any atom is 0.338 e. The quantitative estimate of drug-likeness (QED) is 0.468. The normalized spacial score (nSPS) is 15.2. The van der Waals surface area contributed by atoms with Crippen molar-refractivity contribution >= 4 is 16.0 Å². The third kappa shape index (κ3) is 5.52. The van der Waals surface area contributed by atoms with Gasteiger partial charge in [0.1, 0.15) is 29.6 Å². The summed E-state index contributed by atoms with van der Waals surface area (Å²) in [6.45, 7) is 1.19. The van der Waals surface area contributed by atoms with Crippen LogP contribution in [0.25, 0.3) is 0 Å². The van der Waals surface area contributed by atoms with Gasteiger partial charge in [-0.2, -0.15) is 4.31 Å². The van der Waals surface area contributed by atoms with Crippen molar-refractivity contribution in [2.75, 3.05) is 33.4 Å². The predicted octanol–water partition coefficient (Wildman–Crippen LogP) is 3.50. The third-order valence-electron chi connectivity index (χ3n) is 4.91. The second-order valence-electron chi connectivity index (χ2n) is 6.98. The number of sulfonamides is 1. The van der Waals surface area contributed by atoms with E-state index in [0.717, 1.165) is 25.7 Å². The Bertz CT molecular complexity index is 937. The molecule has 30 heavy (non-hydrogen) atoms. The zero-order chi connectivity index (χ0) is 21.4. The third-order valence-corrected chi connectivity index (χ3v) is 6.83. The molecule has 0 amide bonds. The molecule has 3 rings (SSSR count). The molecule has 0 radical (unpaired) electrons. The number of carbonyl (C=O) groups is 1. The first-order chi connectivity index (χ1) is 14.5. The summed E-state index contributed by atoms with van der Waals surface area (Å²) in [5.41, 5.74) is 0.156. The SMILES string of the molecule is COc1ccc(C(=O)OCCOc2ccccc2)cc1S(=O)(=O)N1CCCCCC1. The van der Waals surface area contributed by atoms with E-state index in [2.05, 4.69) is 0 Å². The number of hydrogen-bond donors (Lipinski definition) is 0. The Hall–Kier alpha value is -2.58. The number of nitrogens with zero attached hydrogens (tertiary/aromatic N) is 1. The van der Waals surface area contributed by atoms with Gasteiger partial charge in [0.2, 0.25) is 10.0 Å². The molecule has 1 heterocycles. The van der Waals surface area contributed by atoms with Crippen LogP contribution in [0.4, 0.5) is 0 Å². The van der Waals surface area contributed by atoms with E-state index in [-0.39, 0.29) is 29.4 Å². The molecule has 1 aliphatic heterocycles. The molecule has 8 heteroatoms. The van der Waals surface area contributed by atoms with E-state index in [1.54, 1.807) is 0 Å². The van der Waals surface area contributed by atoms with Gasteiger partial charge in [0.15, 0.2) is 0 Å². The molecule has 0 N–H and O–H groups in total. The van der Waals surface area contributed by atoms with Crippen molar-refractivity contribution in [3.8, 4) is 11.5 Å². The lowest BCUT2D eigenvalue weighted by Gasteiger charge is -2.21. The van der Waals surface area contributed by atoms with Crippen molar-refractivity contribution in [1.29, 1.82) is 0 Å². The van der Waals surface area contributed by atoms with Gasteiger partial charge >= 0.3 is 5.97 Å². The van der Waals surface area contributed by atoms with Crippen molar-refractivity contribution in [2.45, 2.75) is 30.6 Å². The number of hydrogen-bond acceptors (Lipinski definition) is 6. The number of methoxy groups -OCH3 is 1. The lowest BCUT2D eigenvalue weighted by Crippen LogP contribution is -2.32. The highest BCUT2D eigenvalue weighted by Crippen LogP contribution is 2.29. The minimum atomic E-state index is -3.77. The Kier molecular flexibility index (Phi) is 7.70. The fourth-order valence-corrected chi connectivity index (χ4v) is 5.02. The zero-order valence-electron chi connectivity index (χ0n) is 17.1. The van der Waals surface area contributed by atoms with Crippen LogP contribution in [-0.4, -0.2) is 52.1 Å². The minimum Gasteiger partial charge on any atom is -0.495 e. The lowest BCUT2D eigenvalue weighted by molar-refractivity contribution is 0.0450. The molecule has 0 bridgehead atoms. The Morgan fingerprint density at radius 3 is 2.33 bits per heavy atom. The molecule has 0 unspecified atom stereocenters. The maximum absolute atomic E-state index is 13.2. The highest BCUT2D eigenvalue weighted by molar-refractivity contribution is 7.89. The molecule has 1 aliphatic rings. The minimum absolute atomic E-state index is 0.0121. The van der Waals surface area contributed by atoms with Crippen LogP contribution < -0.4 is 9.47 Å². The van der Waals surface area contributed by atoms with Crippen LogP contribution in [0.5, 0.6) is 11.5 Å². The van der Waals surface area contributed by atoms with E-state index < -0.39 is 16.0 Å². The maximum atomic E-state index is 13.2. The zero-order valence-corrected chi connectivity index (χ0v) is 17.9. The predicted molar refractivity (Wildman–Crippen MR) is 112 cm³/mol. The molecule has 1 fully saturated rings. The highest BCUT2D eigenvalue weighted by Gasteiger charge is 2.29. The van der Waals surface area contributed by atoms with Gasteiger partial charge in [-0.15, -0.1) is 0 Å². The largest absolute Gasteiger partial charge is 0.495 e.